The molecule has 0 saturated heterocycles. The van der Waals surface area contributed by atoms with Gasteiger partial charge in [-0.2, -0.15) is 5.10 Å². The van der Waals surface area contributed by atoms with Crippen LogP contribution in [0, 0.1) is 5.82 Å². The lowest BCUT2D eigenvalue weighted by Crippen LogP contribution is -2.17. The zero-order valence-corrected chi connectivity index (χ0v) is 13.4. The molecule has 0 radical (unpaired) electrons. The highest BCUT2D eigenvalue weighted by Crippen LogP contribution is 2.30. The van der Waals surface area contributed by atoms with Crippen molar-refractivity contribution >= 4 is 11.6 Å². The molecule has 1 aromatic carbocycles. The van der Waals surface area contributed by atoms with Crippen LogP contribution >= 0.6 is 11.6 Å². The van der Waals surface area contributed by atoms with Gasteiger partial charge in [-0.1, -0.05) is 38.4 Å². The second kappa shape index (κ2) is 5.78. The molecule has 3 nitrogen and oxygen atoms in total. The number of benzene rings is 1. The maximum atomic E-state index is 13.2. The first-order chi connectivity index (χ1) is 9.68. The van der Waals surface area contributed by atoms with Gasteiger partial charge in [0, 0.05) is 30.6 Å². The summed E-state index contributed by atoms with van der Waals surface area (Å²) in [6, 6.07) is 4.50. The fourth-order valence-corrected chi connectivity index (χ4v) is 2.54. The topological polar surface area (TPSA) is 38.0 Å². The van der Waals surface area contributed by atoms with Crippen LogP contribution in [-0.2, 0) is 18.9 Å². The first-order valence-corrected chi connectivity index (χ1v) is 7.22. The molecule has 0 aliphatic rings. The predicted octanol–water partition coefficient (Wildman–Crippen LogP) is 3.79. The van der Waals surface area contributed by atoms with E-state index in [2.05, 4.69) is 25.9 Å². The summed E-state index contributed by atoms with van der Waals surface area (Å²) in [5.74, 6) is -0.452. The summed E-state index contributed by atoms with van der Waals surface area (Å²) in [5.41, 5.74) is 2.30. The normalized spacial score (nSPS) is 13.5. The Bertz CT molecular complexity index is 646. The van der Waals surface area contributed by atoms with Gasteiger partial charge in [0.15, 0.2) is 0 Å². The molecule has 1 unspecified atom stereocenters. The second-order valence-corrected chi connectivity index (χ2v) is 6.73. The standard InChI is InChI=1S/C16H20ClFN2O/c1-16(2,3)15-11(9-20(4)19-15)14(21)8-10-5-6-13(18)12(17)7-10/h5-7,9,14,21H,8H2,1-4H3. The van der Waals surface area contributed by atoms with E-state index in [1.165, 1.54) is 6.07 Å². The van der Waals surface area contributed by atoms with Gasteiger partial charge in [0.2, 0.25) is 0 Å². The molecular formula is C16H20ClFN2O. The summed E-state index contributed by atoms with van der Waals surface area (Å²) in [6.07, 6.45) is 1.50. The van der Waals surface area contributed by atoms with Crippen LogP contribution in [0.2, 0.25) is 5.02 Å². The molecule has 2 rings (SSSR count). The maximum Gasteiger partial charge on any atom is 0.141 e. The van der Waals surface area contributed by atoms with Gasteiger partial charge >= 0.3 is 0 Å². The molecule has 0 aliphatic heterocycles. The minimum Gasteiger partial charge on any atom is -0.388 e. The summed E-state index contributed by atoms with van der Waals surface area (Å²) in [7, 11) is 1.83. The van der Waals surface area contributed by atoms with E-state index < -0.39 is 11.9 Å². The molecule has 1 aromatic heterocycles. The van der Waals surface area contributed by atoms with Crippen molar-refractivity contribution < 1.29 is 9.50 Å². The fourth-order valence-electron chi connectivity index (χ4n) is 2.33. The highest BCUT2D eigenvalue weighted by atomic mass is 35.5. The molecule has 5 heteroatoms. The molecule has 1 heterocycles. The van der Waals surface area contributed by atoms with Gasteiger partial charge in [-0.05, 0) is 17.7 Å². The average Bonchev–Trinajstić information content (AvgIpc) is 2.76. The van der Waals surface area contributed by atoms with Gasteiger partial charge in [0.25, 0.3) is 0 Å². The van der Waals surface area contributed by atoms with E-state index in [-0.39, 0.29) is 10.4 Å². The quantitative estimate of drug-likeness (QED) is 0.936. The number of aliphatic hydroxyl groups excluding tert-OH is 1. The summed E-state index contributed by atoms with van der Waals surface area (Å²) >= 11 is 5.78. The first-order valence-electron chi connectivity index (χ1n) is 6.84. The van der Waals surface area contributed by atoms with Crippen LogP contribution in [0.4, 0.5) is 4.39 Å². The van der Waals surface area contributed by atoms with Gasteiger partial charge in [-0.15, -0.1) is 0 Å². The molecule has 0 saturated carbocycles. The molecule has 0 spiro atoms. The zero-order valence-electron chi connectivity index (χ0n) is 12.7. The van der Waals surface area contributed by atoms with Gasteiger partial charge < -0.3 is 5.11 Å². The number of halogens is 2. The summed E-state index contributed by atoms with van der Waals surface area (Å²) < 4.78 is 14.9. The van der Waals surface area contributed by atoms with Crippen molar-refractivity contribution in [1.82, 2.24) is 9.78 Å². The van der Waals surface area contributed by atoms with E-state index >= 15 is 0 Å². The van der Waals surface area contributed by atoms with Crippen molar-refractivity contribution in [2.24, 2.45) is 7.05 Å². The Kier molecular flexibility index (Phi) is 4.40. The number of hydrogen-bond acceptors (Lipinski definition) is 2. The number of rotatable bonds is 3. The Morgan fingerprint density at radius 3 is 2.62 bits per heavy atom. The predicted molar refractivity (Wildman–Crippen MR) is 82.0 cm³/mol. The summed E-state index contributed by atoms with van der Waals surface area (Å²) in [6.45, 7) is 6.17. The van der Waals surface area contributed by atoms with E-state index in [0.29, 0.717) is 6.42 Å². The molecule has 0 fully saturated rings. The molecule has 114 valence electrons. The third kappa shape index (κ3) is 3.63. The van der Waals surface area contributed by atoms with Gasteiger partial charge in [0.1, 0.15) is 5.82 Å². The third-order valence-corrected chi connectivity index (χ3v) is 3.63. The first kappa shape index (κ1) is 16.0. The van der Waals surface area contributed by atoms with Crippen molar-refractivity contribution in [1.29, 1.82) is 0 Å². The molecule has 2 aromatic rings. The second-order valence-electron chi connectivity index (χ2n) is 6.33. The molecule has 0 aliphatic carbocycles. The van der Waals surface area contributed by atoms with Crippen molar-refractivity contribution in [2.45, 2.75) is 38.7 Å². The third-order valence-electron chi connectivity index (χ3n) is 3.34. The van der Waals surface area contributed by atoms with Crippen molar-refractivity contribution in [3.8, 4) is 0 Å². The number of aromatic nitrogens is 2. The van der Waals surface area contributed by atoms with Crippen LogP contribution in [0.15, 0.2) is 24.4 Å². The largest absolute Gasteiger partial charge is 0.388 e. The van der Waals surface area contributed by atoms with Crippen molar-refractivity contribution in [3.63, 3.8) is 0 Å². The van der Waals surface area contributed by atoms with Crippen LogP contribution in [0.5, 0.6) is 0 Å². The van der Waals surface area contributed by atoms with E-state index in [9.17, 15) is 9.50 Å². The SMILES string of the molecule is Cn1cc(C(O)Cc2ccc(F)c(Cl)c2)c(C(C)(C)C)n1. The molecule has 0 bridgehead atoms. The minimum atomic E-state index is -0.700. The Morgan fingerprint density at radius 1 is 1.38 bits per heavy atom. The van der Waals surface area contributed by atoms with Crippen LogP contribution in [0.3, 0.4) is 0 Å². The average molecular weight is 311 g/mol. The Morgan fingerprint density at radius 2 is 2.05 bits per heavy atom. The van der Waals surface area contributed by atoms with Crippen molar-refractivity contribution in [2.75, 3.05) is 0 Å². The lowest BCUT2D eigenvalue weighted by Gasteiger charge is -2.20. The molecule has 1 atom stereocenters. The maximum absolute atomic E-state index is 13.2. The summed E-state index contributed by atoms with van der Waals surface area (Å²) in [5, 5.41) is 15.0. The molecule has 0 amide bonds. The number of hydrogen-bond donors (Lipinski definition) is 1. The van der Waals surface area contributed by atoms with Crippen LogP contribution in [0.25, 0.3) is 0 Å². The smallest absolute Gasteiger partial charge is 0.141 e. The van der Waals surface area contributed by atoms with E-state index in [1.54, 1.807) is 16.8 Å². The molecule has 21 heavy (non-hydrogen) atoms. The minimum absolute atomic E-state index is 0.0712. The molecule has 1 N–H and O–H groups in total. The Balaban J connectivity index is 2.28. The lowest BCUT2D eigenvalue weighted by atomic mass is 9.87. The van der Waals surface area contributed by atoms with Crippen LogP contribution in [0.1, 0.15) is 43.7 Å². The Labute approximate surface area is 129 Å². The van der Waals surface area contributed by atoms with Crippen molar-refractivity contribution in [3.05, 3.63) is 52.1 Å². The van der Waals surface area contributed by atoms with Crippen LogP contribution < -0.4 is 0 Å². The zero-order chi connectivity index (χ0) is 15.8. The number of nitrogens with zero attached hydrogens (tertiary/aromatic N) is 2. The monoisotopic (exact) mass is 310 g/mol. The highest BCUT2D eigenvalue weighted by Gasteiger charge is 2.25. The number of aryl methyl sites for hydroxylation is 1. The van der Waals surface area contributed by atoms with Gasteiger partial charge in [-0.25, -0.2) is 4.39 Å². The van der Waals surface area contributed by atoms with Gasteiger partial charge in [-0.3, -0.25) is 4.68 Å². The van der Waals surface area contributed by atoms with Crippen LogP contribution in [-0.4, -0.2) is 14.9 Å². The van der Waals surface area contributed by atoms with E-state index in [4.69, 9.17) is 11.6 Å². The highest BCUT2D eigenvalue weighted by molar-refractivity contribution is 6.30. The number of aliphatic hydroxyl groups is 1. The fraction of sp³-hybridized carbons (Fsp3) is 0.438. The van der Waals surface area contributed by atoms with E-state index in [0.717, 1.165) is 16.8 Å². The molecular weight excluding hydrogens is 291 g/mol. The van der Waals surface area contributed by atoms with E-state index in [1.807, 2.05) is 13.2 Å². The lowest BCUT2D eigenvalue weighted by molar-refractivity contribution is 0.176. The Hall–Kier alpha value is -1.39. The summed E-state index contributed by atoms with van der Waals surface area (Å²) in [4.78, 5) is 0. The van der Waals surface area contributed by atoms with Gasteiger partial charge in [0.05, 0.1) is 16.8 Å².